The molecule has 0 spiro atoms. The van der Waals surface area contributed by atoms with Gasteiger partial charge in [-0.1, -0.05) is 6.92 Å². The summed E-state index contributed by atoms with van der Waals surface area (Å²) in [6.45, 7) is 2.64. The molecular weight excluding hydrogens is 258 g/mol. The molecule has 2 heterocycles. The van der Waals surface area contributed by atoms with Gasteiger partial charge < -0.3 is 0 Å². The van der Waals surface area contributed by atoms with Crippen molar-refractivity contribution in [1.82, 2.24) is 4.31 Å². The first kappa shape index (κ1) is 12.7. The monoisotopic (exact) mass is 273 g/mol. The molecule has 1 aliphatic rings. The summed E-state index contributed by atoms with van der Waals surface area (Å²) in [6, 6.07) is 3.52. The van der Waals surface area contributed by atoms with E-state index in [1.165, 1.54) is 15.6 Å². The lowest BCUT2D eigenvalue weighted by Gasteiger charge is -2.24. The Morgan fingerprint density at radius 2 is 1.94 bits per heavy atom. The van der Waals surface area contributed by atoms with Gasteiger partial charge in [-0.15, -0.1) is 11.3 Å². The van der Waals surface area contributed by atoms with E-state index in [2.05, 4.69) is 0 Å². The summed E-state index contributed by atoms with van der Waals surface area (Å²) in [4.78, 5) is 12.2. The third-order valence-corrected chi connectivity index (χ3v) is 6.46. The van der Waals surface area contributed by atoms with Gasteiger partial charge in [0.2, 0.25) is 0 Å². The third-order valence-electron chi connectivity index (χ3n) is 2.86. The number of ketones is 1. The van der Waals surface area contributed by atoms with Crippen molar-refractivity contribution in [3.63, 3.8) is 0 Å². The van der Waals surface area contributed by atoms with Crippen molar-refractivity contribution in [2.24, 2.45) is 0 Å². The molecule has 1 fully saturated rings. The molecule has 4 nitrogen and oxygen atoms in total. The van der Waals surface area contributed by atoms with Gasteiger partial charge in [-0.25, -0.2) is 8.42 Å². The van der Waals surface area contributed by atoms with Crippen molar-refractivity contribution in [1.29, 1.82) is 0 Å². The molecule has 0 N–H and O–H groups in total. The van der Waals surface area contributed by atoms with Crippen LogP contribution in [-0.4, -0.2) is 31.6 Å². The second-order valence-electron chi connectivity index (χ2n) is 4.02. The maximum Gasteiger partial charge on any atom is 0.252 e. The molecule has 0 aliphatic carbocycles. The molecule has 0 amide bonds. The van der Waals surface area contributed by atoms with Gasteiger partial charge in [0.05, 0.1) is 0 Å². The number of carbonyl (C=O) groups excluding carboxylic acids is 1. The molecule has 94 valence electrons. The van der Waals surface area contributed by atoms with Crippen LogP contribution in [0, 0.1) is 0 Å². The van der Waals surface area contributed by atoms with E-state index < -0.39 is 10.0 Å². The van der Waals surface area contributed by atoms with Gasteiger partial charge in [-0.3, -0.25) is 4.79 Å². The molecule has 1 saturated heterocycles. The predicted octanol–water partition coefficient (Wildman–Crippen LogP) is 1.66. The van der Waals surface area contributed by atoms with Gasteiger partial charge in [-0.05, 0) is 18.6 Å². The van der Waals surface area contributed by atoms with Gasteiger partial charge in [0, 0.05) is 30.8 Å². The van der Waals surface area contributed by atoms with Gasteiger partial charge in [-0.2, -0.15) is 4.31 Å². The summed E-state index contributed by atoms with van der Waals surface area (Å²) in [7, 11) is -3.38. The molecule has 2 rings (SSSR count). The Kier molecular flexibility index (Phi) is 3.65. The maximum atomic E-state index is 12.2. The van der Waals surface area contributed by atoms with Crippen LogP contribution in [-0.2, 0) is 21.2 Å². The molecule has 0 radical (unpaired) electrons. The van der Waals surface area contributed by atoms with Gasteiger partial charge in [0.25, 0.3) is 10.0 Å². The highest BCUT2D eigenvalue weighted by Crippen LogP contribution is 2.26. The van der Waals surface area contributed by atoms with Gasteiger partial charge >= 0.3 is 0 Å². The number of hydrogen-bond donors (Lipinski definition) is 0. The Morgan fingerprint density at radius 1 is 1.29 bits per heavy atom. The Labute approximate surface area is 105 Å². The van der Waals surface area contributed by atoms with Crippen LogP contribution in [0.1, 0.15) is 24.6 Å². The first-order valence-corrected chi connectivity index (χ1v) is 7.90. The number of rotatable bonds is 3. The van der Waals surface area contributed by atoms with E-state index in [9.17, 15) is 13.2 Å². The van der Waals surface area contributed by atoms with Crippen molar-refractivity contribution in [2.75, 3.05) is 13.1 Å². The van der Waals surface area contributed by atoms with Crippen LogP contribution in [0.3, 0.4) is 0 Å². The molecule has 0 aromatic carbocycles. The SMILES string of the molecule is CCc1ccc(S(=O)(=O)N2CCC(=O)CC2)s1. The predicted molar refractivity (Wildman–Crippen MR) is 66.7 cm³/mol. The molecule has 1 aromatic rings. The fourth-order valence-electron chi connectivity index (χ4n) is 1.79. The molecule has 0 atom stereocenters. The maximum absolute atomic E-state index is 12.2. The number of aryl methyl sites for hydroxylation is 1. The Morgan fingerprint density at radius 3 is 2.47 bits per heavy atom. The minimum atomic E-state index is -3.38. The lowest BCUT2D eigenvalue weighted by Crippen LogP contribution is -2.38. The Bertz CT molecular complexity index is 509. The van der Waals surface area contributed by atoms with Crippen LogP contribution >= 0.6 is 11.3 Å². The minimum absolute atomic E-state index is 0.150. The first-order valence-electron chi connectivity index (χ1n) is 5.64. The fraction of sp³-hybridized carbons (Fsp3) is 0.545. The molecule has 1 aromatic heterocycles. The molecule has 1 aliphatic heterocycles. The molecule has 0 unspecified atom stereocenters. The zero-order chi connectivity index (χ0) is 12.5. The van der Waals surface area contributed by atoms with Crippen LogP contribution in [0.4, 0.5) is 0 Å². The van der Waals surface area contributed by atoms with Crippen LogP contribution < -0.4 is 0 Å². The van der Waals surface area contributed by atoms with Crippen LogP contribution in [0.15, 0.2) is 16.3 Å². The average Bonchev–Trinajstić information content (AvgIpc) is 2.78. The second-order valence-corrected chi connectivity index (χ2v) is 7.35. The number of piperidine rings is 1. The topological polar surface area (TPSA) is 54.5 Å². The summed E-state index contributed by atoms with van der Waals surface area (Å²) in [5, 5.41) is 0. The number of sulfonamides is 1. The van der Waals surface area contributed by atoms with Crippen molar-refractivity contribution >= 4 is 27.1 Å². The third kappa shape index (κ3) is 2.59. The Balaban J connectivity index is 2.21. The summed E-state index contributed by atoms with van der Waals surface area (Å²) in [6.07, 6.45) is 1.52. The van der Waals surface area contributed by atoms with Crippen LogP contribution in [0.2, 0.25) is 0 Å². The molecular formula is C11H15NO3S2. The van der Waals surface area contributed by atoms with E-state index in [4.69, 9.17) is 0 Å². The second kappa shape index (κ2) is 4.88. The van der Waals surface area contributed by atoms with Crippen molar-refractivity contribution < 1.29 is 13.2 Å². The van der Waals surface area contributed by atoms with Gasteiger partial charge in [0.15, 0.2) is 0 Å². The summed E-state index contributed by atoms with van der Waals surface area (Å²) in [5.74, 6) is 0.150. The van der Waals surface area contributed by atoms with Crippen molar-refractivity contribution in [2.45, 2.75) is 30.4 Å². The zero-order valence-corrected chi connectivity index (χ0v) is 11.3. The summed E-state index contributed by atoms with van der Waals surface area (Å²) in [5.41, 5.74) is 0. The lowest BCUT2D eigenvalue weighted by molar-refractivity contribution is -0.120. The number of Topliss-reactive ketones (excluding diaryl/α,β-unsaturated/α-hetero) is 1. The lowest BCUT2D eigenvalue weighted by atomic mass is 10.1. The summed E-state index contributed by atoms with van der Waals surface area (Å²) >= 11 is 1.32. The highest BCUT2D eigenvalue weighted by Gasteiger charge is 2.29. The minimum Gasteiger partial charge on any atom is -0.300 e. The highest BCUT2D eigenvalue weighted by molar-refractivity contribution is 7.91. The first-order chi connectivity index (χ1) is 8.04. The number of nitrogens with zero attached hydrogens (tertiary/aromatic N) is 1. The van der Waals surface area contributed by atoms with Crippen LogP contribution in [0.25, 0.3) is 0 Å². The van der Waals surface area contributed by atoms with Gasteiger partial charge in [0.1, 0.15) is 9.99 Å². The molecule has 6 heteroatoms. The van der Waals surface area contributed by atoms with E-state index in [1.807, 2.05) is 13.0 Å². The average molecular weight is 273 g/mol. The van der Waals surface area contributed by atoms with E-state index >= 15 is 0 Å². The van der Waals surface area contributed by atoms with Crippen LogP contribution in [0.5, 0.6) is 0 Å². The number of hydrogen-bond acceptors (Lipinski definition) is 4. The van der Waals surface area contributed by atoms with Crippen molar-refractivity contribution in [3.8, 4) is 0 Å². The quantitative estimate of drug-likeness (QED) is 0.841. The molecule has 0 bridgehead atoms. The van der Waals surface area contributed by atoms with E-state index in [0.29, 0.717) is 30.1 Å². The molecule has 0 saturated carbocycles. The van der Waals surface area contributed by atoms with E-state index in [-0.39, 0.29) is 5.78 Å². The standard InChI is InChI=1S/C11H15NO3S2/c1-2-10-3-4-11(16-10)17(14,15)12-7-5-9(13)6-8-12/h3-4H,2,5-8H2,1H3. The zero-order valence-electron chi connectivity index (χ0n) is 9.68. The largest absolute Gasteiger partial charge is 0.300 e. The van der Waals surface area contributed by atoms with Crippen molar-refractivity contribution in [3.05, 3.63) is 17.0 Å². The van der Waals surface area contributed by atoms with E-state index in [0.717, 1.165) is 11.3 Å². The Hall–Kier alpha value is -0.720. The summed E-state index contributed by atoms with van der Waals surface area (Å²) < 4.78 is 26.3. The fourth-order valence-corrected chi connectivity index (χ4v) is 4.68. The smallest absolute Gasteiger partial charge is 0.252 e. The number of carbonyl (C=O) groups is 1. The molecule has 17 heavy (non-hydrogen) atoms. The van der Waals surface area contributed by atoms with E-state index in [1.54, 1.807) is 6.07 Å². The highest BCUT2D eigenvalue weighted by atomic mass is 32.2. The number of thiophene rings is 1. The normalized spacial score (nSPS) is 18.5.